The predicted molar refractivity (Wildman–Crippen MR) is 495 cm³/mol. The molecule has 35 nitrogen and oxygen atoms in total. The maximum atomic E-state index is 14.1. The molecule has 0 saturated heterocycles. The van der Waals surface area contributed by atoms with E-state index in [0.717, 1.165) is 58.2 Å². The molecular weight excluding hydrogens is 1970 g/mol. The molecule has 0 atom stereocenters. The van der Waals surface area contributed by atoms with Crippen LogP contribution in [0.25, 0.3) is 11.4 Å². The van der Waals surface area contributed by atoms with Crippen LogP contribution >= 0.6 is 106 Å². The van der Waals surface area contributed by atoms with Crippen molar-refractivity contribution >= 4 is 198 Å². The molecule has 7 N–H and O–H groups in total. The molecule has 690 valence electrons. The summed E-state index contributed by atoms with van der Waals surface area (Å²) in [5.41, 5.74) is 14.9. The molecule has 45 heteroatoms. The number of methoxy groups -OCH3 is 6. The van der Waals surface area contributed by atoms with Crippen molar-refractivity contribution in [2.45, 2.75) is 147 Å². The number of carbonyl (C=O) groups excluding carboxylic acids is 5. The van der Waals surface area contributed by atoms with E-state index in [2.05, 4.69) is 79.4 Å². The van der Waals surface area contributed by atoms with E-state index in [-0.39, 0.29) is 86.9 Å². The third-order valence-corrected chi connectivity index (χ3v) is 20.0. The van der Waals surface area contributed by atoms with Crippen LogP contribution in [-0.2, 0) is 49.6 Å². The van der Waals surface area contributed by atoms with E-state index in [1.54, 1.807) is 69.2 Å². The number of nitro benzene ring substituents is 4. The lowest BCUT2D eigenvalue weighted by molar-refractivity contribution is -0.385. The van der Waals surface area contributed by atoms with Crippen LogP contribution in [0.4, 0.5) is 84.8 Å². The molecule has 0 unspecified atom stereocenters. The predicted octanol–water partition coefficient (Wildman–Crippen LogP) is 21.9. The summed E-state index contributed by atoms with van der Waals surface area (Å²) in [6.45, 7) is 24.9. The van der Waals surface area contributed by atoms with Crippen LogP contribution in [0.5, 0.6) is 11.5 Å². The lowest BCUT2D eigenvalue weighted by atomic mass is 9.99. The second kappa shape index (κ2) is 47.8. The van der Waals surface area contributed by atoms with Crippen LogP contribution < -0.4 is 41.0 Å². The molecule has 0 radical (unpaired) electrons. The monoisotopic (exact) mass is 2060 g/mol. The van der Waals surface area contributed by atoms with Crippen molar-refractivity contribution in [3.63, 3.8) is 0 Å². The minimum absolute atomic E-state index is 0.00528. The number of hydrogen-bond acceptors (Lipinski definition) is 27. The lowest BCUT2D eigenvalue weighted by Crippen LogP contribution is -2.46. The van der Waals surface area contributed by atoms with Gasteiger partial charge in [-0.15, -0.1) is 0 Å². The van der Waals surface area contributed by atoms with Gasteiger partial charge in [-0.2, -0.15) is 0 Å². The highest BCUT2D eigenvalue weighted by atomic mass is 79.9. The highest BCUT2D eigenvalue weighted by molar-refractivity contribution is 9.11. The summed E-state index contributed by atoms with van der Waals surface area (Å²) in [4.78, 5) is 112. The molecule has 0 aliphatic carbocycles. The van der Waals surface area contributed by atoms with Gasteiger partial charge in [0.05, 0.1) is 115 Å². The number of aliphatic hydroxyl groups excluding tert-OH is 1. The number of aliphatic hydroxyl groups is 1. The van der Waals surface area contributed by atoms with Crippen LogP contribution in [0.15, 0.2) is 141 Å². The van der Waals surface area contributed by atoms with Crippen molar-refractivity contribution < 1.29 is 90.7 Å². The maximum absolute atomic E-state index is 14.1. The number of benzene rings is 7. The fourth-order valence-corrected chi connectivity index (χ4v) is 13.1. The van der Waals surface area contributed by atoms with Crippen LogP contribution in [0, 0.1) is 57.5 Å². The topological polar surface area (TPSA) is 469 Å². The van der Waals surface area contributed by atoms with Gasteiger partial charge in [0.25, 0.3) is 32.4 Å². The highest BCUT2D eigenvalue weighted by Crippen LogP contribution is 2.44. The van der Waals surface area contributed by atoms with E-state index in [9.17, 15) is 73.2 Å². The standard InChI is InChI=1S/C21H16ClF2N3O3.C12H15BrN2O4.C12H14N2O4.C12H16N2O2.C10H13BrN2O2.C6H5BrN2O2.C6H10Cl3NO.C2H3ClO2.CH4O/c1-29-12-7-6-11(16(8-12)30-2)9-27-10-15-18(21(27)28)19(22)26-20(25-15)17-13(23)4-3-5-14(17)24;1-12(2,3)14(11(16)19-4)10-7-8(15(17)18)5-6-9(10)13;1-12(2)7-8-4-5-9(14(16)17)6-10(8)13(12)11(15)18-3;1-12(2)7-8-4-5-9(13)6-10(8)14(12)11(15)16-3;1-10(2,3)12-9-6-7(13(14)15)4-5-8(9)11;7-5-2-1-4(9(10)11)3-6(5)8;1-5(2,3)11-4(10)6(7,8)9;1-5-2(3)4;1-2/h3-8H,9-10H2,1-2H3;5-7H,1-4H3;4-6H,7H2,1-3H3;4-6H,7,13H2,1-3H3;4-6,12H,1-3H3;1-3H,8H2;10H,1-3H3;1H3;2H,1H3. The Labute approximate surface area is 781 Å². The number of halogens is 10. The number of nitrogens with two attached hydrogens (primary N) is 2. The molecule has 7 aromatic carbocycles. The number of nitrogen functional groups attached to an aromatic ring is 2. The molecule has 0 spiro atoms. The fourth-order valence-electron chi connectivity index (χ4n) is 11.7. The summed E-state index contributed by atoms with van der Waals surface area (Å²) in [5.74, 6) is -1.36. The number of carbonyl (C=O) groups is 5. The molecule has 3 aliphatic rings. The van der Waals surface area contributed by atoms with Gasteiger partial charge >= 0.3 is 23.7 Å². The number of aromatic nitrogens is 2. The van der Waals surface area contributed by atoms with Gasteiger partial charge in [-0.3, -0.25) is 65.4 Å². The Balaban J connectivity index is 0.000000387. The molecule has 4 heterocycles. The maximum Gasteiger partial charge on any atom is 0.414 e. The van der Waals surface area contributed by atoms with Crippen LogP contribution in [0.2, 0.25) is 5.15 Å². The molecule has 0 fully saturated rings. The van der Waals surface area contributed by atoms with Crippen molar-refractivity contribution in [2.24, 2.45) is 0 Å². The van der Waals surface area contributed by atoms with E-state index in [1.807, 2.05) is 87.4 Å². The third kappa shape index (κ3) is 32.4. The van der Waals surface area contributed by atoms with E-state index < -0.39 is 69.4 Å². The molecule has 0 saturated carbocycles. The Hall–Kier alpha value is -10.9. The molecule has 8 aromatic rings. The number of non-ortho nitro benzene ring substituents is 4. The average molecular weight is 2070 g/mol. The Bertz CT molecular complexity index is 5300. The normalized spacial score (nSPS) is 12.7. The molecule has 127 heavy (non-hydrogen) atoms. The first-order valence-electron chi connectivity index (χ1n) is 36.9. The fraction of sp³-hybridized carbons (Fsp3) is 0.366. The van der Waals surface area contributed by atoms with E-state index in [0.29, 0.717) is 55.3 Å². The summed E-state index contributed by atoms with van der Waals surface area (Å²) in [7, 11) is 9.25. The van der Waals surface area contributed by atoms with Crippen molar-refractivity contribution in [1.82, 2.24) is 14.9 Å². The number of nitrogens with one attached hydrogen (secondary N) is 2. The van der Waals surface area contributed by atoms with Gasteiger partial charge < -0.3 is 59.9 Å². The zero-order chi connectivity index (χ0) is 97.3. The number of ether oxygens (including phenoxy) is 7. The molecule has 11 rings (SSSR count). The van der Waals surface area contributed by atoms with Crippen molar-refractivity contribution in [3.05, 3.63) is 226 Å². The zero-order valence-corrected chi connectivity index (χ0v) is 81.0. The number of rotatable bonds is 11. The largest absolute Gasteiger partial charge is 0.497 e. The minimum Gasteiger partial charge on any atom is -0.497 e. The Morgan fingerprint density at radius 1 is 0.614 bits per heavy atom. The lowest BCUT2D eigenvalue weighted by Gasteiger charge is -2.34. The van der Waals surface area contributed by atoms with E-state index >= 15 is 0 Å². The van der Waals surface area contributed by atoms with Gasteiger partial charge in [0.15, 0.2) is 5.82 Å². The first-order chi connectivity index (χ1) is 58.7. The van der Waals surface area contributed by atoms with Gasteiger partial charge in [-0.05, 0) is 216 Å². The van der Waals surface area contributed by atoms with Crippen LogP contribution in [0.1, 0.15) is 123 Å². The second-order valence-electron chi connectivity index (χ2n) is 30.8. The number of amides is 4. The zero-order valence-electron chi connectivity index (χ0n) is 72.5. The van der Waals surface area contributed by atoms with Gasteiger partial charge in [0.2, 0.25) is 5.90 Å². The van der Waals surface area contributed by atoms with Crippen LogP contribution in [-0.4, -0.2) is 156 Å². The first kappa shape index (κ1) is 110. The van der Waals surface area contributed by atoms with Gasteiger partial charge in [-0.1, -0.05) is 64.6 Å². The minimum atomic E-state index is -1.76. The van der Waals surface area contributed by atoms with E-state index in [4.69, 9.17) is 96.8 Å². The summed E-state index contributed by atoms with van der Waals surface area (Å²) in [6.07, 6.45) is 0.0509. The Kier molecular flexibility index (Phi) is 41.5. The van der Waals surface area contributed by atoms with Crippen molar-refractivity contribution in [1.29, 1.82) is 5.41 Å². The number of fused-ring (bicyclic) bond motifs is 3. The second-order valence-corrected chi connectivity index (χ2v) is 36.3. The van der Waals surface area contributed by atoms with Crippen molar-refractivity contribution in [3.8, 4) is 22.9 Å². The molecule has 3 aliphatic heterocycles. The molecule has 1 aromatic heterocycles. The number of alkyl halides is 3. The van der Waals surface area contributed by atoms with Gasteiger partial charge in [-0.25, -0.2) is 37.9 Å². The summed E-state index contributed by atoms with van der Waals surface area (Å²) < 4.78 is 62.3. The third-order valence-electron chi connectivity index (χ3n) is 17.0. The van der Waals surface area contributed by atoms with Crippen molar-refractivity contribution in [2.75, 3.05) is 81.3 Å². The highest BCUT2D eigenvalue weighted by Gasteiger charge is 2.43. The SMILES string of the molecule is CC(C)(C)Nc1cc([N+](=O)[O-])ccc1Br.CC(C)(C)OC(=N)C(Cl)(Cl)Cl.CO.COC(=O)Cl.COC(=O)N(c1cc([N+](=O)[O-])ccc1Br)C(C)(C)C.COC(=O)N1c2cc(N)ccc2CC1(C)C.COC(=O)N1c2cc([N+](=O)[O-])ccc2CC1(C)C.COc1ccc(CN2Cc3nc(-c4c(F)cccc4F)nc(Cl)c3C2=O)c(OC)c1.Nc1cc([N+](=O)[O-])ccc1Br. The van der Waals surface area contributed by atoms with E-state index in [1.165, 1.54) is 111 Å². The first-order valence-corrected chi connectivity index (χ1v) is 41.2. The number of nitrogens with zero attached hydrogens (tertiary/aromatic N) is 10. The summed E-state index contributed by atoms with van der Waals surface area (Å²) in [6, 6.07) is 32.1. The number of hydrogen-bond donors (Lipinski definition) is 5. The van der Waals surface area contributed by atoms with Gasteiger partial charge in [0.1, 0.15) is 39.5 Å². The summed E-state index contributed by atoms with van der Waals surface area (Å²) >= 11 is 36.7. The Morgan fingerprint density at radius 2 is 1.07 bits per heavy atom. The average Bonchev–Trinajstić information content (AvgIpc) is 1.55. The number of anilines is 6. The molecule has 4 amide bonds. The Morgan fingerprint density at radius 3 is 1.50 bits per heavy atom. The molecule has 0 bridgehead atoms. The molecular formula is C82H96Br3Cl5F2N14O21. The summed E-state index contributed by atoms with van der Waals surface area (Å²) in [5, 5.41) is 59.6. The quantitative estimate of drug-likeness (QED) is 0.00924. The van der Waals surface area contributed by atoms with Gasteiger partial charge in [0, 0.05) is 120 Å². The van der Waals surface area contributed by atoms with Crippen LogP contribution in [0.3, 0.4) is 0 Å². The smallest absolute Gasteiger partial charge is 0.414 e. The number of nitro groups is 4.